The number of hydrogen-bond donors (Lipinski definition) is 1. The Morgan fingerprint density at radius 3 is 2.32 bits per heavy atom. The van der Waals surface area contributed by atoms with E-state index in [0.29, 0.717) is 6.42 Å². The minimum absolute atomic E-state index is 0.0212. The summed E-state index contributed by atoms with van der Waals surface area (Å²) in [6.45, 7) is 7.08. The molecule has 0 aliphatic rings. The van der Waals surface area contributed by atoms with Crippen LogP contribution in [0.25, 0.3) is 0 Å². The molecule has 0 fully saturated rings. The molecule has 0 aliphatic heterocycles. The van der Waals surface area contributed by atoms with Gasteiger partial charge in [0.15, 0.2) is 0 Å². The molecule has 0 amide bonds. The van der Waals surface area contributed by atoms with Crippen molar-refractivity contribution in [3.05, 3.63) is 23.5 Å². The maximum atomic E-state index is 13.5. The van der Waals surface area contributed by atoms with E-state index in [1.807, 2.05) is 20.8 Å². The third-order valence-corrected chi connectivity index (χ3v) is 5.68. The van der Waals surface area contributed by atoms with Crippen molar-refractivity contribution < 1.29 is 12.8 Å². The second-order valence-electron chi connectivity index (χ2n) is 5.28. The molecule has 0 saturated carbocycles. The lowest BCUT2D eigenvalue weighted by atomic mass is 10.0. The molecule has 0 saturated heterocycles. The summed E-state index contributed by atoms with van der Waals surface area (Å²) in [7, 11) is -2.16. The molecule has 0 aliphatic carbocycles. The summed E-state index contributed by atoms with van der Waals surface area (Å²) >= 11 is 0. The van der Waals surface area contributed by atoms with Crippen LogP contribution in [-0.4, -0.2) is 25.3 Å². The summed E-state index contributed by atoms with van der Waals surface area (Å²) in [6.07, 6.45) is 0.665. The SMILES string of the molecule is CCC(C)(C)N(C)S(=O)(=O)c1cc(C)c(F)c(N)c1. The molecule has 0 atom stereocenters. The quantitative estimate of drug-likeness (QED) is 0.866. The molecule has 1 rings (SSSR count). The fourth-order valence-electron chi connectivity index (χ4n) is 1.62. The number of nitrogens with zero attached hydrogens (tertiary/aromatic N) is 1. The van der Waals surface area contributed by atoms with Gasteiger partial charge in [-0.2, -0.15) is 4.31 Å². The van der Waals surface area contributed by atoms with E-state index in [1.165, 1.54) is 30.4 Å². The van der Waals surface area contributed by atoms with E-state index in [-0.39, 0.29) is 16.1 Å². The predicted octanol–water partition coefficient (Wildman–Crippen LogP) is 2.53. The molecule has 0 bridgehead atoms. The molecule has 108 valence electrons. The summed E-state index contributed by atoms with van der Waals surface area (Å²) in [5, 5.41) is 0. The van der Waals surface area contributed by atoms with Crippen molar-refractivity contribution in [2.75, 3.05) is 12.8 Å². The summed E-state index contributed by atoms with van der Waals surface area (Å²) < 4.78 is 39.8. The molecule has 0 aromatic heterocycles. The van der Waals surface area contributed by atoms with Gasteiger partial charge in [-0.15, -0.1) is 0 Å². The summed E-state index contributed by atoms with van der Waals surface area (Å²) in [4.78, 5) is 0.0212. The molecular weight excluding hydrogens is 267 g/mol. The predicted molar refractivity (Wildman–Crippen MR) is 74.9 cm³/mol. The molecule has 1 aromatic carbocycles. The first kappa shape index (κ1) is 15.9. The highest BCUT2D eigenvalue weighted by atomic mass is 32.2. The number of benzene rings is 1. The number of anilines is 1. The van der Waals surface area contributed by atoms with Crippen LogP contribution in [0.5, 0.6) is 0 Å². The van der Waals surface area contributed by atoms with E-state index in [2.05, 4.69) is 0 Å². The van der Waals surface area contributed by atoms with Gasteiger partial charge in [-0.1, -0.05) is 6.92 Å². The number of nitrogens with two attached hydrogens (primary N) is 1. The summed E-state index contributed by atoms with van der Waals surface area (Å²) in [6, 6.07) is 2.48. The minimum atomic E-state index is -3.68. The number of aryl methyl sites for hydroxylation is 1. The van der Waals surface area contributed by atoms with Gasteiger partial charge in [0, 0.05) is 12.6 Å². The van der Waals surface area contributed by atoms with Crippen molar-refractivity contribution >= 4 is 15.7 Å². The summed E-state index contributed by atoms with van der Waals surface area (Å²) in [5.74, 6) is -0.573. The van der Waals surface area contributed by atoms with Gasteiger partial charge >= 0.3 is 0 Å². The van der Waals surface area contributed by atoms with Gasteiger partial charge in [0.25, 0.3) is 0 Å². The monoisotopic (exact) mass is 288 g/mol. The zero-order chi connectivity index (χ0) is 15.0. The van der Waals surface area contributed by atoms with Crippen LogP contribution in [0.15, 0.2) is 17.0 Å². The molecule has 19 heavy (non-hydrogen) atoms. The van der Waals surface area contributed by atoms with Gasteiger partial charge in [-0.25, -0.2) is 12.8 Å². The Morgan fingerprint density at radius 2 is 1.89 bits per heavy atom. The number of rotatable bonds is 4. The largest absolute Gasteiger partial charge is 0.396 e. The Bertz CT molecular complexity index is 559. The van der Waals surface area contributed by atoms with Crippen molar-refractivity contribution in [2.45, 2.75) is 44.6 Å². The van der Waals surface area contributed by atoms with Crippen molar-refractivity contribution in [2.24, 2.45) is 0 Å². The number of nitrogen functional groups attached to an aromatic ring is 1. The van der Waals surface area contributed by atoms with E-state index in [9.17, 15) is 12.8 Å². The van der Waals surface area contributed by atoms with Crippen molar-refractivity contribution in [1.29, 1.82) is 0 Å². The van der Waals surface area contributed by atoms with Gasteiger partial charge in [-0.05, 0) is 44.9 Å². The lowest BCUT2D eigenvalue weighted by molar-refractivity contribution is 0.257. The number of hydrogen-bond acceptors (Lipinski definition) is 3. The highest BCUT2D eigenvalue weighted by molar-refractivity contribution is 7.89. The second-order valence-corrected chi connectivity index (χ2v) is 7.25. The lowest BCUT2D eigenvalue weighted by Gasteiger charge is -2.33. The maximum Gasteiger partial charge on any atom is 0.243 e. The first-order chi connectivity index (χ1) is 8.54. The number of sulfonamides is 1. The Labute approximate surface area is 114 Å². The first-order valence-electron chi connectivity index (χ1n) is 6.08. The zero-order valence-electron chi connectivity index (χ0n) is 12.0. The Kier molecular flexibility index (Phi) is 4.27. The average molecular weight is 288 g/mol. The third-order valence-electron chi connectivity index (χ3n) is 3.63. The topological polar surface area (TPSA) is 63.4 Å². The maximum absolute atomic E-state index is 13.5. The Balaban J connectivity index is 3.37. The van der Waals surface area contributed by atoms with Gasteiger partial charge in [0.1, 0.15) is 5.82 Å². The fourth-order valence-corrected chi connectivity index (χ4v) is 3.32. The Morgan fingerprint density at radius 1 is 1.37 bits per heavy atom. The van der Waals surface area contributed by atoms with Crippen LogP contribution in [0.3, 0.4) is 0 Å². The minimum Gasteiger partial charge on any atom is -0.396 e. The second kappa shape index (κ2) is 5.09. The fraction of sp³-hybridized carbons (Fsp3) is 0.538. The van der Waals surface area contributed by atoms with Crippen LogP contribution in [0.2, 0.25) is 0 Å². The van der Waals surface area contributed by atoms with Crippen LogP contribution in [0.4, 0.5) is 10.1 Å². The standard InChI is InChI=1S/C13H21FN2O2S/c1-6-13(3,4)16(5)19(17,18)10-7-9(2)12(14)11(15)8-10/h7-8H,6,15H2,1-5H3. The van der Waals surface area contributed by atoms with E-state index in [1.54, 1.807) is 0 Å². The smallest absolute Gasteiger partial charge is 0.243 e. The molecule has 0 spiro atoms. The van der Waals surface area contributed by atoms with Crippen LogP contribution >= 0.6 is 0 Å². The number of halogens is 1. The van der Waals surface area contributed by atoms with Crippen molar-refractivity contribution in [1.82, 2.24) is 4.31 Å². The first-order valence-corrected chi connectivity index (χ1v) is 7.52. The molecule has 6 heteroatoms. The highest BCUT2D eigenvalue weighted by Crippen LogP contribution is 2.28. The van der Waals surface area contributed by atoms with Crippen molar-refractivity contribution in [3.63, 3.8) is 0 Å². The van der Waals surface area contributed by atoms with Gasteiger partial charge < -0.3 is 5.73 Å². The van der Waals surface area contributed by atoms with Crippen LogP contribution in [-0.2, 0) is 10.0 Å². The van der Waals surface area contributed by atoms with E-state index < -0.39 is 21.4 Å². The van der Waals surface area contributed by atoms with E-state index in [4.69, 9.17) is 5.73 Å². The molecular formula is C13H21FN2O2S. The van der Waals surface area contributed by atoms with Crippen molar-refractivity contribution in [3.8, 4) is 0 Å². The Hall–Kier alpha value is -1.14. The molecule has 0 heterocycles. The van der Waals surface area contributed by atoms with Crippen LogP contribution in [0, 0.1) is 12.7 Å². The van der Waals surface area contributed by atoms with Crippen LogP contribution < -0.4 is 5.73 Å². The zero-order valence-corrected chi connectivity index (χ0v) is 12.8. The molecule has 0 radical (unpaired) electrons. The average Bonchev–Trinajstić information content (AvgIpc) is 2.34. The normalized spacial score (nSPS) is 13.0. The van der Waals surface area contributed by atoms with Gasteiger partial charge in [0.2, 0.25) is 10.0 Å². The van der Waals surface area contributed by atoms with E-state index in [0.717, 1.165) is 0 Å². The van der Waals surface area contributed by atoms with Gasteiger partial charge in [0.05, 0.1) is 10.6 Å². The molecule has 0 unspecified atom stereocenters. The van der Waals surface area contributed by atoms with E-state index >= 15 is 0 Å². The lowest BCUT2D eigenvalue weighted by Crippen LogP contribution is -2.44. The molecule has 2 N–H and O–H groups in total. The third kappa shape index (κ3) is 2.90. The summed E-state index contributed by atoms with van der Waals surface area (Å²) in [5.41, 5.74) is 5.06. The highest BCUT2D eigenvalue weighted by Gasteiger charge is 2.33. The van der Waals surface area contributed by atoms with Crippen LogP contribution in [0.1, 0.15) is 32.8 Å². The molecule has 4 nitrogen and oxygen atoms in total. The van der Waals surface area contributed by atoms with Gasteiger partial charge in [-0.3, -0.25) is 0 Å². The molecule has 1 aromatic rings.